The van der Waals surface area contributed by atoms with Gasteiger partial charge >= 0.3 is 6.03 Å². The number of amides is 2. The molecule has 1 aromatic heterocycles. The van der Waals surface area contributed by atoms with Gasteiger partial charge in [-0.3, -0.25) is 9.48 Å². The van der Waals surface area contributed by atoms with E-state index in [2.05, 4.69) is 20.9 Å². The summed E-state index contributed by atoms with van der Waals surface area (Å²) < 4.78 is 1.70. The van der Waals surface area contributed by atoms with Gasteiger partial charge in [-0.2, -0.15) is 0 Å². The lowest BCUT2D eigenvalue weighted by molar-refractivity contribution is 0.101. The molecule has 2 amide bonds. The molecule has 1 heterocycles. The van der Waals surface area contributed by atoms with Crippen LogP contribution in [0.4, 0.5) is 10.5 Å². The zero-order chi connectivity index (χ0) is 15.1. The van der Waals surface area contributed by atoms with Crippen LogP contribution in [0.5, 0.6) is 0 Å². The molecular formula is C14H17N5O2. The Hall–Kier alpha value is -2.70. The number of aryl methyl sites for hydroxylation is 1. The lowest BCUT2D eigenvalue weighted by Crippen LogP contribution is -2.30. The van der Waals surface area contributed by atoms with Crippen LogP contribution < -0.4 is 10.6 Å². The number of ketones is 1. The van der Waals surface area contributed by atoms with Gasteiger partial charge in [0.05, 0.1) is 6.20 Å². The van der Waals surface area contributed by atoms with E-state index in [0.29, 0.717) is 24.3 Å². The van der Waals surface area contributed by atoms with Gasteiger partial charge in [0.25, 0.3) is 0 Å². The highest BCUT2D eigenvalue weighted by atomic mass is 16.2. The van der Waals surface area contributed by atoms with Gasteiger partial charge in [-0.25, -0.2) is 4.79 Å². The van der Waals surface area contributed by atoms with Crippen LogP contribution in [0, 0.1) is 0 Å². The lowest BCUT2D eigenvalue weighted by Gasteiger charge is -2.08. The van der Waals surface area contributed by atoms with Crippen molar-refractivity contribution in [1.29, 1.82) is 0 Å². The van der Waals surface area contributed by atoms with Gasteiger partial charge in [0.15, 0.2) is 5.78 Å². The van der Waals surface area contributed by atoms with E-state index in [1.807, 2.05) is 0 Å². The molecule has 2 rings (SSSR count). The molecule has 7 nitrogen and oxygen atoms in total. The van der Waals surface area contributed by atoms with Crippen molar-refractivity contribution in [3.63, 3.8) is 0 Å². The minimum atomic E-state index is -0.297. The Morgan fingerprint density at radius 3 is 2.90 bits per heavy atom. The average molecular weight is 287 g/mol. The van der Waals surface area contributed by atoms with Crippen LogP contribution in [0.15, 0.2) is 36.7 Å². The summed E-state index contributed by atoms with van der Waals surface area (Å²) >= 11 is 0. The van der Waals surface area contributed by atoms with Crippen molar-refractivity contribution in [3.8, 4) is 0 Å². The maximum Gasteiger partial charge on any atom is 0.319 e. The molecular weight excluding hydrogens is 270 g/mol. The molecule has 0 fully saturated rings. The third-order valence-corrected chi connectivity index (χ3v) is 2.85. The summed E-state index contributed by atoms with van der Waals surface area (Å²) in [5.74, 6) is -0.0353. The fourth-order valence-electron chi connectivity index (χ4n) is 1.79. The number of nitrogens with one attached hydrogen (secondary N) is 2. The molecule has 0 aliphatic carbocycles. The number of benzene rings is 1. The van der Waals surface area contributed by atoms with Crippen molar-refractivity contribution in [3.05, 3.63) is 42.2 Å². The molecule has 110 valence electrons. The van der Waals surface area contributed by atoms with E-state index in [1.54, 1.807) is 41.3 Å². The zero-order valence-electron chi connectivity index (χ0n) is 11.7. The first-order chi connectivity index (χ1) is 10.1. The third-order valence-electron chi connectivity index (χ3n) is 2.85. The van der Waals surface area contributed by atoms with Crippen molar-refractivity contribution in [2.45, 2.75) is 19.9 Å². The van der Waals surface area contributed by atoms with Crippen molar-refractivity contribution in [2.24, 2.45) is 0 Å². The van der Waals surface area contributed by atoms with E-state index < -0.39 is 0 Å². The average Bonchev–Trinajstić information content (AvgIpc) is 2.97. The first-order valence-corrected chi connectivity index (χ1v) is 6.65. The van der Waals surface area contributed by atoms with Crippen LogP contribution in [0.1, 0.15) is 23.7 Å². The Kier molecular flexibility index (Phi) is 5.03. The molecule has 0 saturated carbocycles. The second-order valence-electron chi connectivity index (χ2n) is 4.54. The van der Waals surface area contributed by atoms with Crippen LogP contribution >= 0.6 is 0 Å². The SMILES string of the molecule is CC(=O)c1cccc(NC(=O)NCCCn2ccnn2)c1. The van der Waals surface area contributed by atoms with Gasteiger partial charge in [-0.1, -0.05) is 17.3 Å². The maximum absolute atomic E-state index is 11.7. The topological polar surface area (TPSA) is 88.9 Å². The third kappa shape index (κ3) is 4.72. The Morgan fingerprint density at radius 1 is 1.33 bits per heavy atom. The first kappa shape index (κ1) is 14.7. The van der Waals surface area contributed by atoms with Gasteiger partial charge in [-0.05, 0) is 25.5 Å². The number of urea groups is 1. The van der Waals surface area contributed by atoms with Crippen molar-refractivity contribution >= 4 is 17.5 Å². The Labute approximate surface area is 122 Å². The molecule has 2 aromatic rings. The molecule has 0 atom stereocenters. The molecule has 0 saturated heterocycles. The number of carbonyl (C=O) groups excluding carboxylic acids is 2. The van der Waals surface area contributed by atoms with Crippen LogP contribution in [-0.2, 0) is 6.54 Å². The molecule has 1 aromatic carbocycles. The van der Waals surface area contributed by atoms with Crippen LogP contribution in [0.2, 0.25) is 0 Å². The highest BCUT2D eigenvalue weighted by Crippen LogP contribution is 2.10. The standard InChI is InChI=1S/C14H17N5O2/c1-11(20)12-4-2-5-13(10-12)17-14(21)15-6-3-8-19-9-7-16-18-19/h2,4-5,7,9-10H,3,6,8H2,1H3,(H2,15,17,21). The number of nitrogens with zero attached hydrogens (tertiary/aromatic N) is 3. The summed E-state index contributed by atoms with van der Waals surface area (Å²) in [6.45, 7) is 2.71. The number of rotatable bonds is 6. The minimum absolute atomic E-state index is 0.0353. The fraction of sp³-hybridized carbons (Fsp3) is 0.286. The van der Waals surface area contributed by atoms with Crippen LogP contribution in [-0.4, -0.2) is 33.4 Å². The predicted molar refractivity (Wildman–Crippen MR) is 78.1 cm³/mol. The number of anilines is 1. The predicted octanol–water partition coefficient (Wildman–Crippen LogP) is 1.69. The Balaban J connectivity index is 1.74. The molecule has 7 heteroatoms. The van der Waals surface area contributed by atoms with Crippen LogP contribution in [0.25, 0.3) is 0 Å². The van der Waals surface area contributed by atoms with E-state index in [1.165, 1.54) is 6.92 Å². The molecule has 0 spiro atoms. The number of hydrogen-bond donors (Lipinski definition) is 2. The Morgan fingerprint density at radius 2 is 2.19 bits per heavy atom. The van der Waals surface area contributed by atoms with Gasteiger partial charge in [0.2, 0.25) is 0 Å². The van der Waals surface area contributed by atoms with E-state index in [-0.39, 0.29) is 11.8 Å². The summed E-state index contributed by atoms with van der Waals surface area (Å²) in [6.07, 6.45) is 4.14. The Bertz CT molecular complexity index is 610. The van der Waals surface area contributed by atoms with E-state index in [0.717, 1.165) is 6.42 Å². The quantitative estimate of drug-likeness (QED) is 0.625. The van der Waals surface area contributed by atoms with Gasteiger partial charge in [0, 0.05) is 30.5 Å². The lowest BCUT2D eigenvalue weighted by atomic mass is 10.1. The molecule has 0 aliphatic heterocycles. The van der Waals surface area contributed by atoms with Gasteiger partial charge in [0.1, 0.15) is 0 Å². The minimum Gasteiger partial charge on any atom is -0.338 e. The number of hydrogen-bond acceptors (Lipinski definition) is 4. The molecule has 21 heavy (non-hydrogen) atoms. The monoisotopic (exact) mass is 287 g/mol. The summed E-state index contributed by atoms with van der Waals surface area (Å²) in [4.78, 5) is 23.0. The largest absolute Gasteiger partial charge is 0.338 e. The fourth-order valence-corrected chi connectivity index (χ4v) is 1.79. The highest BCUT2D eigenvalue weighted by Gasteiger charge is 2.04. The van der Waals surface area contributed by atoms with Crippen LogP contribution in [0.3, 0.4) is 0 Å². The van der Waals surface area contributed by atoms with E-state index in [9.17, 15) is 9.59 Å². The first-order valence-electron chi connectivity index (χ1n) is 6.65. The summed E-state index contributed by atoms with van der Waals surface area (Å²) in [5, 5.41) is 13.0. The number of Topliss-reactive ketones (excluding diaryl/α,β-unsaturated/α-hetero) is 1. The molecule has 0 radical (unpaired) electrons. The maximum atomic E-state index is 11.7. The normalized spacial score (nSPS) is 10.1. The molecule has 0 unspecified atom stereocenters. The highest BCUT2D eigenvalue weighted by molar-refractivity contribution is 5.96. The van der Waals surface area contributed by atoms with Gasteiger partial charge < -0.3 is 10.6 Å². The summed E-state index contributed by atoms with van der Waals surface area (Å²) in [7, 11) is 0. The van der Waals surface area contributed by atoms with E-state index >= 15 is 0 Å². The molecule has 2 N–H and O–H groups in total. The number of carbonyl (C=O) groups is 2. The zero-order valence-corrected chi connectivity index (χ0v) is 11.7. The second kappa shape index (κ2) is 7.18. The smallest absolute Gasteiger partial charge is 0.319 e. The summed E-state index contributed by atoms with van der Waals surface area (Å²) in [5.41, 5.74) is 1.16. The number of aromatic nitrogens is 3. The van der Waals surface area contributed by atoms with E-state index in [4.69, 9.17) is 0 Å². The molecule has 0 aliphatic rings. The summed E-state index contributed by atoms with van der Waals surface area (Å²) in [6, 6.07) is 6.54. The molecule has 0 bridgehead atoms. The van der Waals surface area contributed by atoms with Crippen molar-refractivity contribution < 1.29 is 9.59 Å². The van der Waals surface area contributed by atoms with Crippen molar-refractivity contribution in [2.75, 3.05) is 11.9 Å². The second-order valence-corrected chi connectivity index (χ2v) is 4.54. The van der Waals surface area contributed by atoms with Gasteiger partial charge in [-0.15, -0.1) is 5.10 Å². The van der Waals surface area contributed by atoms with Crippen molar-refractivity contribution in [1.82, 2.24) is 20.3 Å².